The Labute approximate surface area is 119 Å². The summed E-state index contributed by atoms with van der Waals surface area (Å²) in [7, 11) is -0.715. The Morgan fingerprint density at radius 1 is 1.21 bits per heavy atom. The number of unbranched alkanes of at least 4 members (excludes halogenated alkanes) is 2. The van der Waals surface area contributed by atoms with E-state index in [2.05, 4.69) is 24.4 Å². The molecule has 0 radical (unpaired) electrons. The molecule has 19 heavy (non-hydrogen) atoms. The summed E-state index contributed by atoms with van der Waals surface area (Å²) in [5.74, 6) is 1.65. The first kappa shape index (κ1) is 16.2. The fourth-order valence-corrected chi connectivity index (χ4v) is 2.13. The van der Waals surface area contributed by atoms with Gasteiger partial charge in [-0.25, -0.2) is 0 Å². The molecule has 0 amide bonds. The third kappa shape index (κ3) is 8.01. The van der Waals surface area contributed by atoms with E-state index < -0.39 is 10.8 Å². The van der Waals surface area contributed by atoms with E-state index in [1.165, 1.54) is 18.4 Å². The van der Waals surface area contributed by atoms with Crippen LogP contribution in [0.2, 0.25) is 0 Å². The van der Waals surface area contributed by atoms with Gasteiger partial charge >= 0.3 is 0 Å². The zero-order valence-electron chi connectivity index (χ0n) is 12.0. The van der Waals surface area contributed by atoms with Gasteiger partial charge in [-0.05, 0) is 24.1 Å². The molecule has 1 aromatic carbocycles. The van der Waals surface area contributed by atoms with Crippen LogP contribution in [0.4, 0.5) is 0 Å². The number of benzene rings is 1. The Bertz CT molecular complexity index is 365. The molecule has 3 nitrogen and oxygen atoms in total. The number of hydrogen-bond donors (Lipinski definition) is 1. The van der Waals surface area contributed by atoms with Crippen molar-refractivity contribution in [3.05, 3.63) is 29.8 Å². The summed E-state index contributed by atoms with van der Waals surface area (Å²) in [5, 5.41) is 3.28. The molecule has 0 aromatic heterocycles. The molecule has 4 heteroatoms. The molecule has 0 saturated heterocycles. The van der Waals surface area contributed by atoms with Gasteiger partial charge in [-0.15, -0.1) is 0 Å². The van der Waals surface area contributed by atoms with Gasteiger partial charge in [0.2, 0.25) is 0 Å². The van der Waals surface area contributed by atoms with E-state index in [0.29, 0.717) is 5.75 Å². The van der Waals surface area contributed by atoms with E-state index in [9.17, 15) is 4.21 Å². The predicted molar refractivity (Wildman–Crippen MR) is 82.1 cm³/mol. The Hall–Kier alpha value is -0.870. The molecule has 0 heterocycles. The molecule has 0 spiro atoms. The van der Waals surface area contributed by atoms with Gasteiger partial charge in [-0.3, -0.25) is 4.21 Å². The molecule has 0 aliphatic heterocycles. The Kier molecular flexibility index (Phi) is 8.50. The fraction of sp³-hybridized carbons (Fsp3) is 0.600. The Morgan fingerprint density at radius 3 is 2.58 bits per heavy atom. The predicted octanol–water partition coefficient (Wildman–Crippen LogP) is 2.72. The largest absolute Gasteiger partial charge is 0.494 e. The highest BCUT2D eigenvalue weighted by molar-refractivity contribution is 7.84. The summed E-state index contributed by atoms with van der Waals surface area (Å²) in [6.07, 6.45) is 5.29. The van der Waals surface area contributed by atoms with Gasteiger partial charge in [0.15, 0.2) is 0 Å². The van der Waals surface area contributed by atoms with Crippen molar-refractivity contribution >= 4 is 10.8 Å². The van der Waals surface area contributed by atoms with E-state index in [4.69, 9.17) is 4.74 Å². The average Bonchev–Trinajstić information content (AvgIpc) is 2.41. The van der Waals surface area contributed by atoms with Crippen LogP contribution in [-0.4, -0.2) is 29.4 Å². The highest BCUT2D eigenvalue weighted by Gasteiger charge is 1.96. The second kappa shape index (κ2) is 9.98. The second-order valence-electron chi connectivity index (χ2n) is 4.65. The quantitative estimate of drug-likeness (QED) is 0.671. The van der Waals surface area contributed by atoms with E-state index in [1.54, 1.807) is 6.26 Å². The number of hydrogen-bond acceptors (Lipinski definition) is 3. The molecule has 0 bridgehead atoms. The van der Waals surface area contributed by atoms with Crippen molar-refractivity contribution in [3.8, 4) is 5.75 Å². The van der Waals surface area contributed by atoms with Crippen LogP contribution in [0.3, 0.4) is 0 Å². The fourth-order valence-electron chi connectivity index (χ4n) is 1.69. The Balaban J connectivity index is 2.21. The van der Waals surface area contributed by atoms with Gasteiger partial charge in [0.1, 0.15) is 5.75 Å². The van der Waals surface area contributed by atoms with Crippen molar-refractivity contribution in [1.82, 2.24) is 5.32 Å². The van der Waals surface area contributed by atoms with Gasteiger partial charge in [0, 0.05) is 35.9 Å². The maximum atomic E-state index is 10.9. The first-order valence-electron chi connectivity index (χ1n) is 6.95. The van der Waals surface area contributed by atoms with Crippen molar-refractivity contribution in [2.24, 2.45) is 0 Å². The summed E-state index contributed by atoms with van der Waals surface area (Å²) in [6, 6.07) is 8.18. The van der Waals surface area contributed by atoms with Crippen molar-refractivity contribution in [3.63, 3.8) is 0 Å². The first-order valence-corrected chi connectivity index (χ1v) is 8.67. The lowest BCUT2D eigenvalue weighted by atomic mass is 10.2. The van der Waals surface area contributed by atoms with Crippen molar-refractivity contribution in [1.29, 1.82) is 0 Å². The molecule has 1 rings (SSSR count). The standard InChI is InChI=1S/C15H25NO2S/c1-3-4-5-11-18-15-8-6-14(7-9-15)13-16-10-12-19(2)17/h6-9,16H,3-5,10-13H2,1-2H3. The van der Waals surface area contributed by atoms with E-state index >= 15 is 0 Å². The third-order valence-electron chi connectivity index (χ3n) is 2.84. The van der Waals surface area contributed by atoms with Crippen LogP contribution in [0.15, 0.2) is 24.3 Å². The molecule has 1 N–H and O–H groups in total. The van der Waals surface area contributed by atoms with Crippen LogP contribution < -0.4 is 10.1 Å². The molecule has 0 saturated carbocycles. The molecule has 1 atom stereocenters. The molecule has 1 aromatic rings. The van der Waals surface area contributed by atoms with Crippen LogP contribution in [0.25, 0.3) is 0 Å². The summed E-state index contributed by atoms with van der Waals surface area (Å²) in [6.45, 7) is 4.59. The van der Waals surface area contributed by atoms with Gasteiger partial charge in [0.05, 0.1) is 6.61 Å². The van der Waals surface area contributed by atoms with Crippen LogP contribution >= 0.6 is 0 Å². The van der Waals surface area contributed by atoms with Crippen LogP contribution in [-0.2, 0) is 17.3 Å². The highest BCUT2D eigenvalue weighted by atomic mass is 32.2. The summed E-state index contributed by atoms with van der Waals surface area (Å²) in [4.78, 5) is 0. The van der Waals surface area contributed by atoms with Gasteiger partial charge in [-0.2, -0.15) is 0 Å². The molecule has 1 unspecified atom stereocenters. The minimum absolute atomic E-state index is 0.707. The maximum absolute atomic E-state index is 10.9. The number of ether oxygens (including phenoxy) is 1. The lowest BCUT2D eigenvalue weighted by Crippen LogP contribution is -2.19. The normalized spacial score (nSPS) is 12.3. The molecule has 0 aliphatic rings. The summed E-state index contributed by atoms with van der Waals surface area (Å²) < 4.78 is 16.6. The first-order chi connectivity index (χ1) is 9.22. The zero-order chi connectivity index (χ0) is 13.9. The molecular formula is C15H25NO2S. The average molecular weight is 283 g/mol. The molecular weight excluding hydrogens is 258 g/mol. The van der Waals surface area contributed by atoms with Gasteiger partial charge < -0.3 is 10.1 Å². The smallest absolute Gasteiger partial charge is 0.119 e. The minimum atomic E-state index is -0.715. The number of nitrogens with one attached hydrogen (secondary N) is 1. The second-order valence-corrected chi connectivity index (χ2v) is 6.21. The minimum Gasteiger partial charge on any atom is -0.494 e. The topological polar surface area (TPSA) is 38.3 Å². The monoisotopic (exact) mass is 283 g/mol. The molecule has 108 valence electrons. The van der Waals surface area contributed by atoms with Crippen LogP contribution in [0, 0.1) is 0 Å². The SMILES string of the molecule is CCCCCOc1ccc(CNCCS(C)=O)cc1. The lowest BCUT2D eigenvalue weighted by Gasteiger charge is -2.07. The highest BCUT2D eigenvalue weighted by Crippen LogP contribution is 2.12. The van der Waals surface area contributed by atoms with Crippen LogP contribution in [0.5, 0.6) is 5.75 Å². The van der Waals surface area contributed by atoms with Crippen molar-refractivity contribution < 1.29 is 8.95 Å². The lowest BCUT2D eigenvalue weighted by molar-refractivity contribution is 0.306. The third-order valence-corrected chi connectivity index (χ3v) is 3.61. The van der Waals surface area contributed by atoms with Crippen LogP contribution in [0.1, 0.15) is 31.7 Å². The van der Waals surface area contributed by atoms with E-state index in [0.717, 1.165) is 31.9 Å². The summed E-state index contributed by atoms with van der Waals surface area (Å²) in [5.41, 5.74) is 1.22. The van der Waals surface area contributed by atoms with E-state index in [-0.39, 0.29) is 0 Å². The van der Waals surface area contributed by atoms with Gasteiger partial charge in [0.25, 0.3) is 0 Å². The number of rotatable bonds is 10. The van der Waals surface area contributed by atoms with Crippen molar-refractivity contribution in [2.45, 2.75) is 32.7 Å². The molecule has 0 fully saturated rings. The zero-order valence-corrected chi connectivity index (χ0v) is 12.8. The van der Waals surface area contributed by atoms with E-state index in [1.807, 2.05) is 12.1 Å². The molecule has 0 aliphatic carbocycles. The van der Waals surface area contributed by atoms with Crippen molar-refractivity contribution in [2.75, 3.05) is 25.2 Å². The maximum Gasteiger partial charge on any atom is 0.119 e. The summed E-state index contributed by atoms with van der Waals surface area (Å²) >= 11 is 0. The van der Waals surface area contributed by atoms with Gasteiger partial charge in [-0.1, -0.05) is 31.9 Å². The Morgan fingerprint density at radius 2 is 1.95 bits per heavy atom.